The second-order valence-corrected chi connectivity index (χ2v) is 3.17. The maximum absolute atomic E-state index is 5.50. The average molecular weight is 226 g/mol. The van der Waals surface area contributed by atoms with Gasteiger partial charge in [0.25, 0.3) is 0 Å². The molecule has 0 saturated heterocycles. The highest BCUT2D eigenvalue weighted by molar-refractivity contribution is 6.27. The van der Waals surface area contributed by atoms with E-state index in [2.05, 4.69) is 19.6 Å². The number of ether oxygens (including phenoxy) is 1. The summed E-state index contributed by atoms with van der Waals surface area (Å²) in [6.45, 7) is 0. The summed E-state index contributed by atoms with van der Waals surface area (Å²) < 4.78 is 9.58. The van der Waals surface area contributed by atoms with Gasteiger partial charge in [-0.25, -0.2) is 4.98 Å². The van der Waals surface area contributed by atoms with Crippen LogP contribution in [0.4, 0.5) is 0 Å². The van der Waals surface area contributed by atoms with E-state index in [1.54, 1.807) is 19.4 Å². The molecule has 0 saturated carbocycles. The minimum absolute atomic E-state index is 0.0477. The molecule has 0 N–H and O–H groups in total. The molecule has 0 aliphatic heterocycles. The van der Waals surface area contributed by atoms with Crippen LogP contribution in [-0.4, -0.2) is 22.2 Å². The van der Waals surface area contributed by atoms with Crippen LogP contribution in [-0.2, 0) is 6.42 Å². The minimum Gasteiger partial charge on any atom is -0.481 e. The highest BCUT2D eigenvalue weighted by Crippen LogP contribution is 2.11. The summed E-state index contributed by atoms with van der Waals surface area (Å²) in [5, 5.41) is 3.72. The number of hydrogen-bond acceptors (Lipinski definition) is 5. The van der Waals surface area contributed by atoms with Gasteiger partial charge in [0.15, 0.2) is 5.82 Å². The third kappa shape index (κ3) is 2.44. The van der Waals surface area contributed by atoms with Crippen molar-refractivity contribution >= 4 is 11.6 Å². The van der Waals surface area contributed by atoms with Crippen molar-refractivity contribution in [3.05, 3.63) is 35.1 Å². The first-order valence-electron chi connectivity index (χ1n) is 4.25. The monoisotopic (exact) mass is 225 g/mol. The molecule has 0 amide bonds. The Labute approximate surface area is 91.0 Å². The summed E-state index contributed by atoms with van der Waals surface area (Å²) in [6, 6.07) is 3.66. The molecule has 0 radical (unpaired) electrons. The zero-order valence-corrected chi connectivity index (χ0v) is 8.73. The summed E-state index contributed by atoms with van der Waals surface area (Å²) in [7, 11) is 1.57. The van der Waals surface area contributed by atoms with E-state index in [0.717, 1.165) is 5.56 Å². The fourth-order valence-electron chi connectivity index (χ4n) is 1.12. The zero-order valence-electron chi connectivity index (χ0n) is 7.98. The van der Waals surface area contributed by atoms with Gasteiger partial charge in [0, 0.05) is 18.7 Å². The fourth-order valence-corrected chi connectivity index (χ4v) is 1.26. The summed E-state index contributed by atoms with van der Waals surface area (Å²) >= 11 is 5.50. The van der Waals surface area contributed by atoms with Gasteiger partial charge >= 0.3 is 5.35 Å². The molecule has 0 fully saturated rings. The maximum Gasteiger partial charge on any atom is 0.320 e. The topological polar surface area (TPSA) is 61.0 Å². The Kier molecular flexibility index (Phi) is 2.82. The van der Waals surface area contributed by atoms with Gasteiger partial charge in [-0.2, -0.15) is 4.98 Å². The lowest BCUT2D eigenvalue weighted by molar-refractivity contribution is 0.397. The molecule has 0 spiro atoms. The molecule has 0 unspecified atom stereocenters. The van der Waals surface area contributed by atoms with E-state index in [1.807, 2.05) is 6.07 Å². The maximum atomic E-state index is 5.50. The van der Waals surface area contributed by atoms with E-state index in [1.165, 1.54) is 0 Å². The summed E-state index contributed by atoms with van der Waals surface area (Å²) in [5.74, 6) is 1.11. The molecule has 2 rings (SSSR count). The number of rotatable bonds is 3. The molecule has 0 atom stereocenters. The number of aromatic nitrogens is 3. The van der Waals surface area contributed by atoms with Gasteiger partial charge in [0.05, 0.1) is 7.11 Å². The third-order valence-corrected chi connectivity index (χ3v) is 1.97. The molecule has 2 aromatic rings. The van der Waals surface area contributed by atoms with Crippen LogP contribution in [0.5, 0.6) is 5.88 Å². The van der Waals surface area contributed by atoms with Crippen LogP contribution in [0.2, 0.25) is 5.35 Å². The highest BCUT2D eigenvalue weighted by Gasteiger charge is 2.05. The van der Waals surface area contributed by atoms with Crippen molar-refractivity contribution in [3.8, 4) is 5.88 Å². The second kappa shape index (κ2) is 4.27. The Balaban J connectivity index is 2.11. The lowest BCUT2D eigenvalue weighted by atomic mass is 10.2. The Morgan fingerprint density at radius 1 is 1.47 bits per heavy atom. The Hall–Kier alpha value is -1.62. The predicted octanol–water partition coefficient (Wildman–Crippen LogP) is 1.72. The summed E-state index contributed by atoms with van der Waals surface area (Å²) in [6.07, 6.45) is 2.23. The molecule has 78 valence electrons. The molecular weight excluding hydrogens is 218 g/mol. The number of hydrogen-bond donors (Lipinski definition) is 0. The van der Waals surface area contributed by atoms with Crippen molar-refractivity contribution in [2.45, 2.75) is 6.42 Å². The SMILES string of the molecule is COc1ccc(Cc2noc(Cl)n2)cn1. The minimum atomic E-state index is 0.0477. The number of pyridine rings is 1. The molecule has 0 bridgehead atoms. The van der Waals surface area contributed by atoms with Crippen LogP contribution in [0.15, 0.2) is 22.9 Å². The first-order valence-corrected chi connectivity index (χ1v) is 4.63. The molecule has 2 heterocycles. The van der Waals surface area contributed by atoms with Crippen molar-refractivity contribution in [2.75, 3.05) is 7.11 Å². The number of halogens is 1. The van der Waals surface area contributed by atoms with Gasteiger partial charge in [-0.3, -0.25) is 0 Å². The molecular formula is C9H8ClN3O2. The van der Waals surface area contributed by atoms with E-state index in [9.17, 15) is 0 Å². The van der Waals surface area contributed by atoms with Crippen LogP contribution >= 0.6 is 11.6 Å². The van der Waals surface area contributed by atoms with Gasteiger partial charge in [-0.15, -0.1) is 0 Å². The molecule has 5 nitrogen and oxygen atoms in total. The zero-order chi connectivity index (χ0) is 10.7. The quantitative estimate of drug-likeness (QED) is 0.796. The van der Waals surface area contributed by atoms with E-state index in [0.29, 0.717) is 18.1 Å². The van der Waals surface area contributed by atoms with Crippen molar-refractivity contribution in [1.82, 2.24) is 15.1 Å². The smallest absolute Gasteiger partial charge is 0.320 e. The van der Waals surface area contributed by atoms with Crippen molar-refractivity contribution in [2.24, 2.45) is 0 Å². The van der Waals surface area contributed by atoms with Crippen LogP contribution in [0.25, 0.3) is 0 Å². The van der Waals surface area contributed by atoms with Crippen molar-refractivity contribution < 1.29 is 9.26 Å². The van der Waals surface area contributed by atoms with E-state index < -0.39 is 0 Å². The lowest BCUT2D eigenvalue weighted by Gasteiger charge is -1.99. The van der Waals surface area contributed by atoms with E-state index in [-0.39, 0.29) is 5.35 Å². The van der Waals surface area contributed by atoms with Crippen molar-refractivity contribution in [3.63, 3.8) is 0 Å². The third-order valence-electron chi connectivity index (χ3n) is 1.81. The Bertz CT molecular complexity index is 441. The standard InChI is InChI=1S/C9H8ClN3O2/c1-14-8-3-2-6(5-11-8)4-7-12-9(10)15-13-7/h2-3,5H,4H2,1H3. The molecule has 15 heavy (non-hydrogen) atoms. The largest absolute Gasteiger partial charge is 0.481 e. The normalized spacial score (nSPS) is 10.3. The van der Waals surface area contributed by atoms with Gasteiger partial charge in [-0.05, 0) is 17.2 Å². The van der Waals surface area contributed by atoms with Crippen LogP contribution < -0.4 is 4.74 Å². The molecule has 0 aliphatic rings. The average Bonchev–Trinajstić information content (AvgIpc) is 2.65. The van der Waals surface area contributed by atoms with Gasteiger partial charge in [-0.1, -0.05) is 11.2 Å². The van der Waals surface area contributed by atoms with Gasteiger partial charge in [0.1, 0.15) is 0 Å². The molecule has 2 aromatic heterocycles. The number of nitrogens with zero attached hydrogens (tertiary/aromatic N) is 3. The summed E-state index contributed by atoms with van der Waals surface area (Å²) in [5.41, 5.74) is 0.966. The van der Waals surface area contributed by atoms with Gasteiger partial charge < -0.3 is 9.26 Å². The van der Waals surface area contributed by atoms with E-state index in [4.69, 9.17) is 16.3 Å². The van der Waals surface area contributed by atoms with Crippen LogP contribution in [0.1, 0.15) is 11.4 Å². The predicted molar refractivity (Wildman–Crippen MR) is 52.9 cm³/mol. The molecule has 0 aliphatic carbocycles. The molecule has 0 aromatic carbocycles. The van der Waals surface area contributed by atoms with E-state index >= 15 is 0 Å². The Morgan fingerprint density at radius 3 is 2.87 bits per heavy atom. The number of methoxy groups -OCH3 is 1. The fraction of sp³-hybridized carbons (Fsp3) is 0.222. The first kappa shape index (κ1) is 9.92. The van der Waals surface area contributed by atoms with Crippen LogP contribution in [0, 0.1) is 0 Å². The molecule has 6 heteroatoms. The highest BCUT2D eigenvalue weighted by atomic mass is 35.5. The lowest BCUT2D eigenvalue weighted by Crippen LogP contribution is -1.93. The Morgan fingerprint density at radius 2 is 2.33 bits per heavy atom. The first-order chi connectivity index (χ1) is 7.28. The summed E-state index contributed by atoms with van der Waals surface area (Å²) in [4.78, 5) is 7.94. The second-order valence-electron chi connectivity index (χ2n) is 2.85. The van der Waals surface area contributed by atoms with Gasteiger partial charge in [0.2, 0.25) is 5.88 Å². The van der Waals surface area contributed by atoms with Crippen molar-refractivity contribution in [1.29, 1.82) is 0 Å². The van der Waals surface area contributed by atoms with Crippen LogP contribution in [0.3, 0.4) is 0 Å².